The third-order valence-electron chi connectivity index (χ3n) is 2.30. The van der Waals surface area contributed by atoms with Crippen molar-refractivity contribution in [2.75, 3.05) is 32.2 Å². The Hall–Kier alpha value is -1.27. The van der Waals surface area contributed by atoms with E-state index in [1.54, 1.807) is 7.11 Å². The quantitative estimate of drug-likeness (QED) is 0.740. The molecule has 108 valence electrons. The monoisotopic (exact) mass is 277 g/mol. The molecule has 1 aromatic rings. The van der Waals surface area contributed by atoms with Crippen LogP contribution in [0.4, 0.5) is 18.9 Å². The average molecular weight is 277 g/mol. The van der Waals surface area contributed by atoms with Crippen molar-refractivity contribution in [2.45, 2.75) is 19.2 Å². The highest BCUT2D eigenvalue weighted by molar-refractivity contribution is 5.45. The lowest BCUT2D eigenvalue weighted by atomic mass is 10.2. The number of methoxy groups -OCH3 is 1. The second-order valence-electron chi connectivity index (χ2n) is 4.08. The van der Waals surface area contributed by atoms with Crippen LogP contribution in [0.25, 0.3) is 0 Å². The first kappa shape index (κ1) is 15.8. The highest BCUT2D eigenvalue weighted by Crippen LogP contribution is 2.14. The molecule has 1 rings (SSSR count). The van der Waals surface area contributed by atoms with E-state index in [0.29, 0.717) is 19.6 Å². The molecule has 0 atom stereocenters. The van der Waals surface area contributed by atoms with Crippen LogP contribution >= 0.6 is 0 Å². The first-order valence-electron chi connectivity index (χ1n) is 5.97. The van der Waals surface area contributed by atoms with Crippen LogP contribution < -0.4 is 5.32 Å². The first-order chi connectivity index (χ1) is 9.01. The largest absolute Gasteiger partial charge is 0.411 e. The van der Waals surface area contributed by atoms with Crippen LogP contribution in [0, 0.1) is 0 Å². The molecule has 0 amide bonds. The van der Waals surface area contributed by atoms with Gasteiger partial charge in [0.25, 0.3) is 0 Å². The molecule has 19 heavy (non-hydrogen) atoms. The fraction of sp³-hybridized carbons (Fsp3) is 0.538. The number of nitrogens with one attached hydrogen (secondary N) is 1. The van der Waals surface area contributed by atoms with Crippen molar-refractivity contribution in [3.63, 3.8) is 0 Å². The molecule has 0 aliphatic heterocycles. The summed E-state index contributed by atoms with van der Waals surface area (Å²) in [6.07, 6.45) is -3.73. The van der Waals surface area contributed by atoms with Crippen LogP contribution in [0.5, 0.6) is 0 Å². The van der Waals surface area contributed by atoms with Crippen LogP contribution in [0.1, 0.15) is 12.0 Å². The van der Waals surface area contributed by atoms with Crippen molar-refractivity contribution >= 4 is 5.69 Å². The van der Waals surface area contributed by atoms with E-state index < -0.39 is 12.8 Å². The zero-order valence-corrected chi connectivity index (χ0v) is 10.8. The van der Waals surface area contributed by atoms with Crippen LogP contribution in [0.2, 0.25) is 0 Å². The van der Waals surface area contributed by atoms with Crippen molar-refractivity contribution in [2.24, 2.45) is 0 Å². The Morgan fingerprint density at radius 1 is 1.26 bits per heavy atom. The van der Waals surface area contributed by atoms with Gasteiger partial charge in [-0.3, -0.25) is 0 Å². The van der Waals surface area contributed by atoms with Gasteiger partial charge in [0, 0.05) is 25.9 Å². The van der Waals surface area contributed by atoms with Crippen molar-refractivity contribution in [1.29, 1.82) is 0 Å². The number of rotatable bonds is 8. The fourth-order valence-corrected chi connectivity index (χ4v) is 1.53. The molecule has 3 nitrogen and oxygen atoms in total. The van der Waals surface area contributed by atoms with Gasteiger partial charge in [0.05, 0.1) is 6.61 Å². The summed E-state index contributed by atoms with van der Waals surface area (Å²) in [7, 11) is 1.62. The summed E-state index contributed by atoms with van der Waals surface area (Å²) in [6, 6.07) is 7.69. The lowest BCUT2D eigenvalue weighted by Gasteiger charge is -2.09. The zero-order valence-electron chi connectivity index (χ0n) is 10.8. The number of ether oxygens (including phenoxy) is 2. The second kappa shape index (κ2) is 8.01. The molecule has 0 unspecified atom stereocenters. The molecule has 0 spiro atoms. The zero-order chi connectivity index (χ0) is 14.1. The maximum Gasteiger partial charge on any atom is 0.411 e. The number of hydrogen-bond donors (Lipinski definition) is 1. The molecule has 1 N–H and O–H groups in total. The van der Waals surface area contributed by atoms with Gasteiger partial charge in [-0.25, -0.2) is 0 Å². The minimum atomic E-state index is -4.25. The molecule has 0 aromatic heterocycles. The Kier molecular flexibility index (Phi) is 6.66. The Labute approximate surface area is 110 Å². The third kappa shape index (κ3) is 7.69. The SMILES string of the molecule is COCc1cccc(NCCCOCC(F)(F)F)c1. The van der Waals surface area contributed by atoms with Gasteiger partial charge in [0.2, 0.25) is 0 Å². The van der Waals surface area contributed by atoms with E-state index in [1.165, 1.54) is 0 Å². The molecule has 0 aliphatic carbocycles. The van der Waals surface area contributed by atoms with Crippen molar-refractivity contribution in [3.8, 4) is 0 Å². The van der Waals surface area contributed by atoms with E-state index in [9.17, 15) is 13.2 Å². The molecule has 1 aromatic carbocycles. The summed E-state index contributed by atoms with van der Waals surface area (Å²) in [6.45, 7) is -0.000891. The van der Waals surface area contributed by atoms with Crippen molar-refractivity contribution < 1.29 is 22.6 Å². The number of halogens is 3. The topological polar surface area (TPSA) is 30.5 Å². The van der Waals surface area contributed by atoms with Gasteiger partial charge in [0.1, 0.15) is 6.61 Å². The van der Waals surface area contributed by atoms with E-state index in [0.717, 1.165) is 11.3 Å². The van der Waals surface area contributed by atoms with E-state index in [4.69, 9.17) is 4.74 Å². The molecule has 0 heterocycles. The highest BCUT2D eigenvalue weighted by atomic mass is 19.4. The maximum atomic E-state index is 11.8. The van der Waals surface area contributed by atoms with Gasteiger partial charge >= 0.3 is 6.18 Å². The minimum absolute atomic E-state index is 0.0876. The molecule has 6 heteroatoms. The Morgan fingerprint density at radius 2 is 2.05 bits per heavy atom. The first-order valence-corrected chi connectivity index (χ1v) is 5.97. The van der Waals surface area contributed by atoms with Gasteiger partial charge in [-0.1, -0.05) is 12.1 Å². The Balaban J connectivity index is 2.17. The van der Waals surface area contributed by atoms with Gasteiger partial charge in [-0.05, 0) is 24.1 Å². The van der Waals surface area contributed by atoms with Gasteiger partial charge in [0.15, 0.2) is 0 Å². The molecule has 0 aliphatic rings. The predicted molar refractivity (Wildman–Crippen MR) is 67.1 cm³/mol. The fourth-order valence-electron chi connectivity index (χ4n) is 1.53. The summed E-state index contributed by atoms with van der Waals surface area (Å²) in [4.78, 5) is 0. The van der Waals surface area contributed by atoms with Crippen molar-refractivity contribution in [1.82, 2.24) is 0 Å². The van der Waals surface area contributed by atoms with Crippen molar-refractivity contribution in [3.05, 3.63) is 29.8 Å². The number of hydrogen-bond acceptors (Lipinski definition) is 3. The van der Waals surface area contributed by atoms with Crippen LogP contribution in [0.3, 0.4) is 0 Å². The molecule has 0 radical (unpaired) electrons. The molecule has 0 fully saturated rings. The number of benzene rings is 1. The van der Waals surface area contributed by atoms with Gasteiger partial charge in [-0.2, -0.15) is 13.2 Å². The highest BCUT2D eigenvalue weighted by Gasteiger charge is 2.27. The summed E-state index contributed by atoms with van der Waals surface area (Å²) >= 11 is 0. The van der Waals surface area contributed by atoms with E-state index >= 15 is 0 Å². The van der Waals surface area contributed by atoms with E-state index in [1.807, 2.05) is 24.3 Å². The van der Waals surface area contributed by atoms with Crippen LogP contribution in [0.15, 0.2) is 24.3 Å². The van der Waals surface area contributed by atoms with Gasteiger partial charge in [-0.15, -0.1) is 0 Å². The molecule has 0 saturated carbocycles. The molecular formula is C13H18F3NO2. The minimum Gasteiger partial charge on any atom is -0.385 e. The Bertz CT molecular complexity index is 369. The Morgan fingerprint density at radius 3 is 2.74 bits per heavy atom. The predicted octanol–water partition coefficient (Wildman–Crippen LogP) is 3.21. The summed E-state index contributed by atoms with van der Waals surface area (Å²) < 4.78 is 44.9. The van der Waals surface area contributed by atoms with Crippen LogP contribution in [-0.2, 0) is 16.1 Å². The maximum absolute atomic E-state index is 11.8. The molecule has 0 bridgehead atoms. The van der Waals surface area contributed by atoms with Gasteiger partial charge < -0.3 is 14.8 Å². The average Bonchev–Trinajstić information content (AvgIpc) is 2.33. The molecule has 0 saturated heterocycles. The summed E-state index contributed by atoms with van der Waals surface area (Å²) in [5.41, 5.74) is 1.96. The smallest absolute Gasteiger partial charge is 0.385 e. The standard InChI is InChI=1S/C13H18F3NO2/c1-18-9-11-4-2-5-12(8-11)17-6-3-7-19-10-13(14,15)16/h2,4-5,8,17H,3,6-7,9-10H2,1H3. The number of alkyl halides is 3. The van der Waals surface area contributed by atoms with Crippen LogP contribution in [-0.4, -0.2) is 33.0 Å². The normalized spacial score (nSPS) is 11.6. The summed E-state index contributed by atoms with van der Waals surface area (Å²) in [5, 5.41) is 3.12. The number of anilines is 1. The summed E-state index contributed by atoms with van der Waals surface area (Å²) in [5.74, 6) is 0. The second-order valence-corrected chi connectivity index (χ2v) is 4.08. The molecular weight excluding hydrogens is 259 g/mol. The lowest BCUT2D eigenvalue weighted by molar-refractivity contribution is -0.173. The van der Waals surface area contributed by atoms with E-state index in [2.05, 4.69) is 10.1 Å². The lowest BCUT2D eigenvalue weighted by Crippen LogP contribution is -2.18. The van der Waals surface area contributed by atoms with E-state index in [-0.39, 0.29) is 6.61 Å². The third-order valence-corrected chi connectivity index (χ3v) is 2.30.